The Morgan fingerprint density at radius 2 is 2.31 bits per heavy atom. The van der Waals surface area contributed by atoms with Crippen LogP contribution in [0, 0.1) is 0 Å². The second-order valence-corrected chi connectivity index (χ2v) is 8.85. The van der Waals surface area contributed by atoms with E-state index in [-0.39, 0.29) is 29.5 Å². The number of aromatic nitrogens is 3. The van der Waals surface area contributed by atoms with Crippen LogP contribution in [0.25, 0.3) is 11.1 Å². The summed E-state index contributed by atoms with van der Waals surface area (Å²) in [7, 11) is 1.26. The predicted octanol–water partition coefficient (Wildman–Crippen LogP) is -1.52. The van der Waals surface area contributed by atoms with Gasteiger partial charge in [0.25, 0.3) is 11.8 Å². The minimum absolute atomic E-state index is 0.143. The van der Waals surface area contributed by atoms with Crippen LogP contribution >= 0.6 is 11.8 Å². The molecule has 0 aliphatic carbocycles. The zero-order valence-electron chi connectivity index (χ0n) is 18.3. The number of aliphatic carboxylic acids is 1. The van der Waals surface area contributed by atoms with Gasteiger partial charge in [-0.05, 0) is 12.1 Å². The van der Waals surface area contributed by atoms with E-state index in [9.17, 15) is 19.5 Å². The molecule has 13 nitrogen and oxygen atoms in total. The lowest BCUT2D eigenvalue weighted by Gasteiger charge is -2.50. The summed E-state index contributed by atoms with van der Waals surface area (Å²) < 4.78 is 7.28. The molecular formula is C21H19N7O6S. The van der Waals surface area contributed by atoms with Crippen LogP contribution in [-0.4, -0.2) is 62.9 Å². The number of aromatic amines is 1. The van der Waals surface area contributed by atoms with Crippen LogP contribution in [0.3, 0.4) is 0 Å². The summed E-state index contributed by atoms with van der Waals surface area (Å²) in [6, 6.07) is 5.92. The number of rotatable bonds is 7. The number of furan rings is 1. The lowest BCUT2D eigenvalue weighted by molar-refractivity contribution is -0.669. The van der Waals surface area contributed by atoms with Gasteiger partial charge in [-0.15, -0.1) is 11.8 Å². The number of carbonyl (C=O) groups excluding carboxylic acids is 3. The molecule has 1 saturated heterocycles. The van der Waals surface area contributed by atoms with Crippen LogP contribution in [0.2, 0.25) is 0 Å². The summed E-state index contributed by atoms with van der Waals surface area (Å²) in [4.78, 5) is 43.8. The number of nitrogens with two attached hydrogens (primary N) is 1. The van der Waals surface area contributed by atoms with E-state index in [1.54, 1.807) is 23.1 Å². The average molecular weight is 497 g/mol. The number of carboxylic acids is 1. The van der Waals surface area contributed by atoms with E-state index >= 15 is 0 Å². The van der Waals surface area contributed by atoms with E-state index in [1.165, 1.54) is 24.9 Å². The van der Waals surface area contributed by atoms with Gasteiger partial charge in [-0.2, -0.15) is 9.67 Å². The first-order valence-corrected chi connectivity index (χ1v) is 11.4. The molecule has 0 bridgehead atoms. The van der Waals surface area contributed by atoms with Crippen molar-refractivity contribution < 1.29 is 33.3 Å². The third-order valence-electron chi connectivity index (χ3n) is 5.62. The molecule has 1 unspecified atom stereocenters. The number of anilines is 1. The Labute approximate surface area is 201 Å². The van der Waals surface area contributed by atoms with Gasteiger partial charge >= 0.3 is 5.71 Å². The molecule has 0 aromatic carbocycles. The highest BCUT2D eigenvalue weighted by Crippen LogP contribution is 2.40. The lowest BCUT2D eigenvalue weighted by atomic mass is 10.0. The van der Waals surface area contributed by atoms with Crippen molar-refractivity contribution in [2.45, 2.75) is 18.0 Å². The minimum atomic E-state index is -1.47. The van der Waals surface area contributed by atoms with Crippen LogP contribution in [0.1, 0.15) is 5.69 Å². The highest BCUT2D eigenvalue weighted by atomic mass is 32.2. The van der Waals surface area contributed by atoms with E-state index in [0.717, 1.165) is 10.3 Å². The third-order valence-corrected chi connectivity index (χ3v) is 6.96. The topological polar surface area (TPSA) is 183 Å². The Kier molecular flexibility index (Phi) is 5.64. The molecule has 2 aliphatic rings. The van der Waals surface area contributed by atoms with Gasteiger partial charge in [0.15, 0.2) is 18.5 Å². The monoisotopic (exact) mass is 497 g/mol. The second kappa shape index (κ2) is 8.79. The fraction of sp³-hybridized carbons (Fsp3) is 0.238. The SMILES string of the molecule is CON=C(C(=O)NC1C(=O)N2C(C(=O)[O-])=C(C[n+]3cccc4ccoc43)CS[C@@H]12)c1cc(N)n[nH]1. The fourth-order valence-corrected chi connectivity index (χ4v) is 5.42. The normalized spacial score (nSPS) is 20.0. The molecular weight excluding hydrogens is 478 g/mol. The number of oxime groups is 1. The molecule has 5 rings (SSSR count). The summed E-state index contributed by atoms with van der Waals surface area (Å²) in [5.74, 6) is -2.30. The zero-order chi connectivity index (χ0) is 24.7. The molecule has 4 N–H and O–H groups in total. The number of hydrogen-bond acceptors (Lipinski definition) is 10. The molecule has 2 aliphatic heterocycles. The smallest absolute Gasteiger partial charge is 0.380 e. The number of β-lactam (4-membered cyclic amide) rings is 1. The van der Waals surface area contributed by atoms with Crippen molar-refractivity contribution in [3.05, 3.63) is 53.7 Å². The van der Waals surface area contributed by atoms with Crippen molar-refractivity contribution in [1.29, 1.82) is 0 Å². The summed E-state index contributed by atoms with van der Waals surface area (Å²) >= 11 is 1.33. The average Bonchev–Trinajstić information content (AvgIpc) is 3.49. The number of hydrogen-bond donors (Lipinski definition) is 3. The molecule has 180 valence electrons. The fourth-order valence-electron chi connectivity index (χ4n) is 4.09. The van der Waals surface area contributed by atoms with Crippen molar-refractivity contribution >= 4 is 52.2 Å². The highest BCUT2D eigenvalue weighted by molar-refractivity contribution is 8.00. The Morgan fingerprint density at radius 3 is 3.03 bits per heavy atom. The number of carboxylic acid groups (broad SMARTS) is 1. The van der Waals surface area contributed by atoms with Gasteiger partial charge in [-0.25, -0.2) is 0 Å². The van der Waals surface area contributed by atoms with Crippen LogP contribution < -0.4 is 20.7 Å². The number of pyridine rings is 1. The molecule has 0 radical (unpaired) electrons. The second-order valence-electron chi connectivity index (χ2n) is 7.75. The number of carbonyl (C=O) groups is 3. The molecule has 14 heteroatoms. The molecule has 35 heavy (non-hydrogen) atoms. The molecule has 0 saturated carbocycles. The number of amides is 2. The maximum atomic E-state index is 13.0. The quantitative estimate of drug-likeness (QED) is 0.151. The lowest BCUT2D eigenvalue weighted by Crippen LogP contribution is -2.71. The summed E-state index contributed by atoms with van der Waals surface area (Å²) in [6.45, 7) is 0.195. The number of nitrogens with zero attached hydrogens (tertiary/aromatic N) is 4. The molecule has 3 aromatic heterocycles. The largest absolute Gasteiger partial charge is 0.543 e. The highest BCUT2D eigenvalue weighted by Gasteiger charge is 2.53. The van der Waals surface area contributed by atoms with Crippen molar-refractivity contribution in [3.8, 4) is 0 Å². The Hall–Kier alpha value is -4.33. The number of nitrogen functional groups attached to an aromatic ring is 1. The Morgan fingerprint density at radius 1 is 1.49 bits per heavy atom. The van der Waals surface area contributed by atoms with Crippen molar-refractivity contribution in [1.82, 2.24) is 20.4 Å². The van der Waals surface area contributed by atoms with Crippen LogP contribution in [0.5, 0.6) is 0 Å². The van der Waals surface area contributed by atoms with Gasteiger partial charge < -0.3 is 30.2 Å². The number of H-pyrrole nitrogens is 1. The van der Waals surface area contributed by atoms with Gasteiger partial charge in [0, 0.05) is 23.5 Å². The molecule has 1 fully saturated rings. The van der Waals surface area contributed by atoms with Crippen molar-refractivity contribution in [2.24, 2.45) is 5.16 Å². The first-order valence-electron chi connectivity index (χ1n) is 10.4. The van der Waals surface area contributed by atoms with Gasteiger partial charge in [0.05, 0.1) is 29.0 Å². The molecule has 0 spiro atoms. The molecule has 5 heterocycles. The van der Waals surface area contributed by atoms with Crippen molar-refractivity contribution in [3.63, 3.8) is 0 Å². The van der Waals surface area contributed by atoms with E-state index in [0.29, 0.717) is 17.0 Å². The van der Waals surface area contributed by atoms with Crippen LogP contribution in [-0.2, 0) is 25.8 Å². The number of thioether (sulfide) groups is 1. The van der Waals surface area contributed by atoms with E-state index in [2.05, 4.69) is 20.7 Å². The standard InChI is InChI=1S/C21H19N7O6S/c1-33-26-14(12-7-13(22)25-24-12)17(29)23-15-18(30)28-16(21(31)32)11(9-35-20(15)28)8-27-5-2-3-10-4-6-34-19(10)27/h2-7,15,20H,8-9H2,1H3,(H4-,22,23,24,25,26,29,31,32)/t15?,20-/m0/s1. The predicted molar refractivity (Wildman–Crippen MR) is 120 cm³/mol. The zero-order valence-corrected chi connectivity index (χ0v) is 19.1. The molecule has 2 atom stereocenters. The maximum Gasteiger partial charge on any atom is 0.380 e. The number of fused-ring (bicyclic) bond motifs is 2. The summed E-state index contributed by atoms with van der Waals surface area (Å²) in [6.07, 6.45) is 3.31. The first kappa shape index (κ1) is 22.5. The maximum absolute atomic E-state index is 13.0. The minimum Gasteiger partial charge on any atom is -0.543 e. The Balaban J connectivity index is 1.38. The van der Waals surface area contributed by atoms with Crippen LogP contribution in [0.15, 0.2) is 57.6 Å². The Bertz CT molecular complexity index is 1410. The number of nitrogens with one attached hydrogen (secondary N) is 2. The van der Waals surface area contributed by atoms with Gasteiger partial charge in [0.2, 0.25) is 0 Å². The molecule has 2 amide bonds. The summed E-state index contributed by atoms with van der Waals surface area (Å²) in [5, 5.41) is 24.9. The summed E-state index contributed by atoms with van der Waals surface area (Å²) in [5.41, 5.74) is 6.49. The molecule has 3 aromatic rings. The van der Waals surface area contributed by atoms with Crippen molar-refractivity contribution in [2.75, 3.05) is 18.6 Å². The van der Waals surface area contributed by atoms with Gasteiger partial charge in [0.1, 0.15) is 24.3 Å². The first-order chi connectivity index (χ1) is 16.9. The van der Waals surface area contributed by atoms with E-state index in [4.69, 9.17) is 15.0 Å². The third kappa shape index (κ3) is 3.86. The van der Waals surface area contributed by atoms with E-state index < -0.39 is 29.2 Å². The van der Waals surface area contributed by atoms with Gasteiger partial charge in [-0.3, -0.25) is 19.6 Å². The van der Waals surface area contributed by atoms with Crippen LogP contribution in [0.4, 0.5) is 5.82 Å². The van der Waals surface area contributed by atoms with Gasteiger partial charge in [-0.1, -0.05) is 5.16 Å². The van der Waals surface area contributed by atoms with E-state index in [1.807, 2.05) is 12.1 Å².